The van der Waals surface area contributed by atoms with Gasteiger partial charge in [-0.3, -0.25) is 0 Å². The monoisotopic (exact) mass is 287 g/mol. The van der Waals surface area contributed by atoms with Crippen molar-refractivity contribution in [1.29, 1.82) is 0 Å². The number of aliphatic hydroxyl groups is 1. The number of amides is 1. The zero-order chi connectivity index (χ0) is 14.9. The Bertz CT molecular complexity index is 347. The van der Waals surface area contributed by atoms with Gasteiger partial charge in [-0.2, -0.15) is 0 Å². The van der Waals surface area contributed by atoms with Crippen LogP contribution in [0.15, 0.2) is 0 Å². The SMILES string of the molecule is CC(C)(C)OC(=O)NCC1(O)CCC2(CC1)OCCO2. The molecule has 0 unspecified atom stereocenters. The number of hydrogen-bond donors (Lipinski definition) is 2. The van der Waals surface area contributed by atoms with Crippen LogP contribution in [0.2, 0.25) is 0 Å². The fraction of sp³-hybridized carbons (Fsp3) is 0.929. The summed E-state index contributed by atoms with van der Waals surface area (Å²) in [6.45, 7) is 6.85. The lowest BCUT2D eigenvalue weighted by molar-refractivity contribution is -0.201. The van der Waals surface area contributed by atoms with Crippen LogP contribution in [0, 0.1) is 0 Å². The van der Waals surface area contributed by atoms with Gasteiger partial charge in [0.25, 0.3) is 0 Å². The van der Waals surface area contributed by atoms with Crippen LogP contribution in [0.5, 0.6) is 0 Å². The fourth-order valence-electron chi connectivity index (χ4n) is 2.61. The average molecular weight is 287 g/mol. The van der Waals surface area contributed by atoms with Gasteiger partial charge in [-0.25, -0.2) is 4.79 Å². The molecule has 1 amide bonds. The van der Waals surface area contributed by atoms with Crippen LogP contribution < -0.4 is 5.32 Å². The zero-order valence-corrected chi connectivity index (χ0v) is 12.5. The van der Waals surface area contributed by atoms with Gasteiger partial charge in [-0.1, -0.05) is 0 Å². The molecule has 6 nitrogen and oxygen atoms in total. The highest BCUT2D eigenvalue weighted by molar-refractivity contribution is 5.67. The van der Waals surface area contributed by atoms with E-state index in [0.29, 0.717) is 38.9 Å². The largest absolute Gasteiger partial charge is 0.444 e. The van der Waals surface area contributed by atoms with Crippen LogP contribution in [0.1, 0.15) is 46.5 Å². The van der Waals surface area contributed by atoms with Crippen LogP contribution in [0.3, 0.4) is 0 Å². The summed E-state index contributed by atoms with van der Waals surface area (Å²) in [4.78, 5) is 11.6. The Morgan fingerprint density at radius 1 is 1.20 bits per heavy atom. The number of carbonyl (C=O) groups excluding carboxylic acids is 1. The molecule has 116 valence electrons. The van der Waals surface area contributed by atoms with E-state index in [-0.39, 0.29) is 6.54 Å². The van der Waals surface area contributed by atoms with Crippen molar-refractivity contribution in [2.75, 3.05) is 19.8 Å². The maximum Gasteiger partial charge on any atom is 0.407 e. The minimum atomic E-state index is -0.905. The summed E-state index contributed by atoms with van der Waals surface area (Å²) in [6.07, 6.45) is 1.89. The highest BCUT2D eigenvalue weighted by atomic mass is 16.7. The third-order valence-electron chi connectivity index (χ3n) is 3.72. The first-order valence-corrected chi connectivity index (χ1v) is 7.19. The minimum Gasteiger partial charge on any atom is -0.444 e. The van der Waals surface area contributed by atoms with E-state index in [9.17, 15) is 9.90 Å². The Kier molecular flexibility index (Phi) is 4.27. The summed E-state index contributed by atoms with van der Waals surface area (Å²) in [7, 11) is 0. The van der Waals surface area contributed by atoms with Gasteiger partial charge in [0.05, 0.1) is 18.8 Å². The van der Waals surface area contributed by atoms with E-state index >= 15 is 0 Å². The second kappa shape index (κ2) is 5.50. The standard InChI is InChI=1S/C14H25NO5/c1-12(2,3)20-11(16)15-10-13(17)4-6-14(7-5-13)18-8-9-19-14/h17H,4-10H2,1-3H3,(H,15,16). The highest BCUT2D eigenvalue weighted by Crippen LogP contribution is 2.39. The lowest BCUT2D eigenvalue weighted by Crippen LogP contribution is -2.50. The van der Waals surface area contributed by atoms with E-state index in [2.05, 4.69) is 5.32 Å². The quantitative estimate of drug-likeness (QED) is 0.806. The topological polar surface area (TPSA) is 77.0 Å². The molecule has 1 aliphatic heterocycles. The molecule has 0 aromatic rings. The molecule has 0 bridgehead atoms. The number of nitrogens with one attached hydrogen (secondary N) is 1. The van der Waals surface area contributed by atoms with Crippen LogP contribution in [-0.2, 0) is 14.2 Å². The summed E-state index contributed by atoms with van der Waals surface area (Å²) in [5.74, 6) is -0.502. The van der Waals surface area contributed by atoms with E-state index < -0.39 is 23.1 Å². The Hall–Kier alpha value is -0.850. The van der Waals surface area contributed by atoms with Crippen LogP contribution in [0.25, 0.3) is 0 Å². The summed E-state index contributed by atoms with van der Waals surface area (Å²) >= 11 is 0. The maximum absolute atomic E-state index is 11.6. The lowest BCUT2D eigenvalue weighted by atomic mass is 9.81. The molecule has 0 aromatic heterocycles. The number of rotatable bonds is 2. The molecular weight excluding hydrogens is 262 g/mol. The first-order chi connectivity index (χ1) is 9.22. The first-order valence-electron chi connectivity index (χ1n) is 7.19. The van der Waals surface area contributed by atoms with E-state index in [4.69, 9.17) is 14.2 Å². The number of alkyl carbamates (subject to hydrolysis) is 1. The van der Waals surface area contributed by atoms with Gasteiger partial charge in [0, 0.05) is 19.4 Å². The van der Waals surface area contributed by atoms with E-state index in [1.165, 1.54) is 0 Å². The summed E-state index contributed by atoms with van der Waals surface area (Å²) in [6, 6.07) is 0. The Balaban J connectivity index is 1.77. The van der Waals surface area contributed by atoms with Gasteiger partial charge in [-0.15, -0.1) is 0 Å². The normalized spacial score (nSPS) is 24.6. The van der Waals surface area contributed by atoms with Gasteiger partial charge >= 0.3 is 6.09 Å². The average Bonchev–Trinajstić information content (AvgIpc) is 2.79. The predicted octanol–water partition coefficient (Wildman–Crippen LogP) is 1.56. The van der Waals surface area contributed by atoms with Gasteiger partial charge in [-0.05, 0) is 33.6 Å². The molecule has 1 saturated heterocycles. The zero-order valence-electron chi connectivity index (χ0n) is 12.5. The molecular formula is C14H25NO5. The molecule has 1 spiro atoms. The van der Waals surface area contributed by atoms with Crippen LogP contribution >= 0.6 is 0 Å². The molecule has 1 saturated carbocycles. The maximum atomic E-state index is 11.6. The molecule has 2 aliphatic rings. The molecule has 2 rings (SSSR count). The van der Waals surface area contributed by atoms with Crippen molar-refractivity contribution in [3.05, 3.63) is 0 Å². The molecule has 1 aliphatic carbocycles. The smallest absolute Gasteiger partial charge is 0.407 e. The Labute approximate surface area is 119 Å². The third kappa shape index (κ3) is 4.07. The highest BCUT2D eigenvalue weighted by Gasteiger charge is 2.45. The summed E-state index contributed by atoms with van der Waals surface area (Å²) in [5.41, 5.74) is -1.44. The second-order valence-corrected chi connectivity index (χ2v) is 6.69. The van der Waals surface area contributed by atoms with Crippen molar-refractivity contribution in [3.63, 3.8) is 0 Å². The molecule has 2 N–H and O–H groups in total. The van der Waals surface area contributed by atoms with Crippen LogP contribution in [-0.4, -0.2) is 47.9 Å². The van der Waals surface area contributed by atoms with Crippen molar-refractivity contribution in [2.45, 2.75) is 63.4 Å². The molecule has 1 heterocycles. The molecule has 20 heavy (non-hydrogen) atoms. The predicted molar refractivity (Wildman–Crippen MR) is 72.3 cm³/mol. The van der Waals surface area contributed by atoms with E-state index in [0.717, 1.165) is 0 Å². The summed E-state index contributed by atoms with van der Waals surface area (Å²) < 4.78 is 16.4. The van der Waals surface area contributed by atoms with Gasteiger partial charge in [0.1, 0.15) is 5.60 Å². The molecule has 2 fully saturated rings. The van der Waals surface area contributed by atoms with E-state index in [1.807, 2.05) is 0 Å². The molecule has 0 aromatic carbocycles. The van der Waals surface area contributed by atoms with Crippen molar-refractivity contribution >= 4 is 6.09 Å². The number of ether oxygens (including phenoxy) is 3. The van der Waals surface area contributed by atoms with Crippen LogP contribution in [0.4, 0.5) is 4.79 Å². The first kappa shape index (κ1) is 15.5. The van der Waals surface area contributed by atoms with Gasteiger partial charge < -0.3 is 24.6 Å². The van der Waals surface area contributed by atoms with Crippen molar-refractivity contribution in [3.8, 4) is 0 Å². The number of carbonyl (C=O) groups is 1. The fourth-order valence-corrected chi connectivity index (χ4v) is 2.61. The van der Waals surface area contributed by atoms with Gasteiger partial charge in [0.2, 0.25) is 0 Å². The Morgan fingerprint density at radius 2 is 1.75 bits per heavy atom. The molecule has 6 heteroatoms. The second-order valence-electron chi connectivity index (χ2n) is 6.69. The van der Waals surface area contributed by atoms with Gasteiger partial charge in [0.15, 0.2) is 5.79 Å². The van der Waals surface area contributed by atoms with E-state index in [1.54, 1.807) is 20.8 Å². The van der Waals surface area contributed by atoms with Crippen molar-refractivity contribution < 1.29 is 24.1 Å². The Morgan fingerprint density at radius 3 is 2.25 bits per heavy atom. The third-order valence-corrected chi connectivity index (χ3v) is 3.72. The minimum absolute atomic E-state index is 0.192. The summed E-state index contributed by atoms with van der Waals surface area (Å²) in [5, 5.41) is 13.1. The van der Waals surface area contributed by atoms with Crippen molar-refractivity contribution in [2.24, 2.45) is 0 Å². The number of hydrogen-bond acceptors (Lipinski definition) is 5. The lowest BCUT2D eigenvalue weighted by Gasteiger charge is -2.40. The molecule has 0 atom stereocenters. The molecule has 0 radical (unpaired) electrons. The van der Waals surface area contributed by atoms with Crippen molar-refractivity contribution in [1.82, 2.24) is 5.32 Å².